The van der Waals surface area contributed by atoms with Crippen molar-refractivity contribution in [3.63, 3.8) is 0 Å². The molecule has 0 unspecified atom stereocenters. The summed E-state index contributed by atoms with van der Waals surface area (Å²) >= 11 is 0. The molecule has 4 nitrogen and oxygen atoms in total. The van der Waals surface area contributed by atoms with Gasteiger partial charge in [-0.15, -0.1) is 0 Å². The van der Waals surface area contributed by atoms with Crippen LogP contribution in [0.1, 0.15) is 16.8 Å². The van der Waals surface area contributed by atoms with Crippen LogP contribution in [-0.4, -0.2) is 15.0 Å². The van der Waals surface area contributed by atoms with Crippen LogP contribution in [0.5, 0.6) is 0 Å². The minimum atomic E-state index is -4.59. The lowest BCUT2D eigenvalue weighted by Gasteiger charge is -2.15. The number of aromatic nitrogens is 3. The summed E-state index contributed by atoms with van der Waals surface area (Å²) in [5.74, 6) is -0.187. The van der Waals surface area contributed by atoms with Crippen LogP contribution >= 0.6 is 0 Å². The van der Waals surface area contributed by atoms with E-state index in [1.54, 1.807) is 31.2 Å². The van der Waals surface area contributed by atoms with Gasteiger partial charge in [0, 0.05) is 5.69 Å². The Labute approximate surface area is 129 Å². The van der Waals surface area contributed by atoms with Gasteiger partial charge in [0.05, 0.1) is 16.5 Å². The molecule has 2 aromatic heterocycles. The van der Waals surface area contributed by atoms with Crippen LogP contribution in [-0.2, 0) is 6.18 Å². The standard InChI is InChI=1S/C16H12F3N3O/c1-8-7-9(2)20-13(12(8)16(17,18)19)14-21-11-6-4-3-5-10(11)15(23)22-14/h3-7H,1-2H3,(H,21,22,23). The van der Waals surface area contributed by atoms with Gasteiger partial charge in [-0.05, 0) is 37.6 Å². The molecule has 0 radical (unpaired) electrons. The van der Waals surface area contributed by atoms with Gasteiger partial charge in [0.15, 0.2) is 5.82 Å². The lowest BCUT2D eigenvalue weighted by atomic mass is 10.0. The summed E-state index contributed by atoms with van der Waals surface area (Å²) in [5, 5.41) is 0.314. The molecule has 0 aliphatic carbocycles. The molecule has 2 heterocycles. The largest absolute Gasteiger partial charge is 0.418 e. The van der Waals surface area contributed by atoms with Gasteiger partial charge in [-0.2, -0.15) is 13.2 Å². The molecule has 1 aromatic carbocycles. The maximum atomic E-state index is 13.4. The molecule has 3 rings (SSSR count). The molecule has 118 valence electrons. The Bertz CT molecular complexity index is 961. The Morgan fingerprint density at radius 3 is 2.48 bits per heavy atom. The van der Waals surface area contributed by atoms with E-state index in [9.17, 15) is 18.0 Å². The van der Waals surface area contributed by atoms with Crippen molar-refractivity contribution in [2.45, 2.75) is 20.0 Å². The number of nitrogens with one attached hydrogen (secondary N) is 1. The lowest BCUT2D eigenvalue weighted by Crippen LogP contribution is -2.16. The number of rotatable bonds is 1. The van der Waals surface area contributed by atoms with Gasteiger partial charge < -0.3 is 4.98 Å². The maximum Gasteiger partial charge on any atom is 0.418 e. The summed E-state index contributed by atoms with van der Waals surface area (Å²) in [6.07, 6.45) is -4.59. The number of aryl methyl sites for hydroxylation is 2. The molecule has 1 N–H and O–H groups in total. The second kappa shape index (κ2) is 5.19. The van der Waals surface area contributed by atoms with E-state index < -0.39 is 17.3 Å². The minimum absolute atomic E-state index is 0.0378. The predicted octanol–water partition coefficient (Wildman–Crippen LogP) is 3.62. The summed E-state index contributed by atoms with van der Waals surface area (Å²) in [7, 11) is 0. The first-order chi connectivity index (χ1) is 10.8. The monoisotopic (exact) mass is 319 g/mol. The number of H-pyrrole nitrogens is 1. The molecule has 0 amide bonds. The molecular weight excluding hydrogens is 307 g/mol. The molecular formula is C16H12F3N3O. The molecule has 0 atom stereocenters. The van der Waals surface area contributed by atoms with Gasteiger partial charge in [0.2, 0.25) is 0 Å². The van der Waals surface area contributed by atoms with Gasteiger partial charge in [-0.3, -0.25) is 4.79 Å². The number of nitrogens with zero attached hydrogens (tertiary/aromatic N) is 2. The van der Waals surface area contributed by atoms with Crippen LogP contribution in [0.25, 0.3) is 22.4 Å². The minimum Gasteiger partial charge on any atom is -0.305 e. The molecule has 0 saturated carbocycles. The van der Waals surface area contributed by atoms with Crippen molar-refractivity contribution < 1.29 is 13.2 Å². The Balaban J connectivity index is 2.37. The topological polar surface area (TPSA) is 58.6 Å². The summed E-state index contributed by atoms with van der Waals surface area (Å²) in [6.45, 7) is 2.95. The molecule has 7 heteroatoms. The second-order valence-corrected chi connectivity index (χ2v) is 5.23. The molecule has 0 aliphatic rings. The number of aromatic amines is 1. The van der Waals surface area contributed by atoms with Crippen LogP contribution in [0.3, 0.4) is 0 Å². The fourth-order valence-corrected chi connectivity index (χ4v) is 2.56. The van der Waals surface area contributed by atoms with Gasteiger partial charge in [-0.25, -0.2) is 9.97 Å². The van der Waals surface area contributed by atoms with E-state index in [4.69, 9.17) is 0 Å². The van der Waals surface area contributed by atoms with E-state index in [0.29, 0.717) is 16.6 Å². The Kier molecular flexibility index (Phi) is 3.43. The Morgan fingerprint density at radius 2 is 1.78 bits per heavy atom. The molecule has 0 spiro atoms. The highest BCUT2D eigenvalue weighted by atomic mass is 19.4. The summed E-state index contributed by atoms with van der Waals surface area (Å²) in [5.41, 5.74) is -0.975. The number of hydrogen-bond acceptors (Lipinski definition) is 3. The molecule has 0 aliphatic heterocycles. The third-order valence-corrected chi connectivity index (χ3v) is 3.47. The first-order valence-electron chi connectivity index (χ1n) is 6.82. The molecule has 0 bridgehead atoms. The van der Waals surface area contributed by atoms with E-state index in [-0.39, 0.29) is 17.1 Å². The average Bonchev–Trinajstić information content (AvgIpc) is 2.44. The fourth-order valence-electron chi connectivity index (χ4n) is 2.56. The van der Waals surface area contributed by atoms with Crippen molar-refractivity contribution in [3.05, 3.63) is 57.5 Å². The highest BCUT2D eigenvalue weighted by Gasteiger charge is 2.37. The first kappa shape index (κ1) is 15.2. The molecule has 3 aromatic rings. The summed E-state index contributed by atoms with van der Waals surface area (Å²) < 4.78 is 40.1. The number of alkyl halides is 3. The van der Waals surface area contributed by atoms with Crippen molar-refractivity contribution >= 4 is 10.9 Å². The smallest absolute Gasteiger partial charge is 0.305 e. The maximum absolute atomic E-state index is 13.4. The third-order valence-electron chi connectivity index (χ3n) is 3.47. The normalized spacial score (nSPS) is 11.9. The van der Waals surface area contributed by atoms with Crippen LogP contribution in [0, 0.1) is 13.8 Å². The molecule has 0 saturated heterocycles. The van der Waals surface area contributed by atoms with Crippen molar-refractivity contribution in [2.24, 2.45) is 0 Å². The van der Waals surface area contributed by atoms with Gasteiger partial charge in [-0.1, -0.05) is 12.1 Å². The van der Waals surface area contributed by atoms with Crippen molar-refractivity contribution in [3.8, 4) is 11.5 Å². The quantitative estimate of drug-likeness (QED) is 0.745. The number of halogens is 3. The van der Waals surface area contributed by atoms with E-state index in [1.165, 1.54) is 13.0 Å². The number of pyridine rings is 1. The summed E-state index contributed by atoms with van der Waals surface area (Å²) in [6, 6.07) is 7.81. The van der Waals surface area contributed by atoms with Crippen LogP contribution < -0.4 is 5.56 Å². The van der Waals surface area contributed by atoms with Crippen LogP contribution in [0.15, 0.2) is 35.1 Å². The van der Waals surface area contributed by atoms with Gasteiger partial charge >= 0.3 is 6.18 Å². The number of hydrogen-bond donors (Lipinski definition) is 1. The zero-order valence-electron chi connectivity index (χ0n) is 12.3. The van der Waals surface area contributed by atoms with Crippen LogP contribution in [0.2, 0.25) is 0 Å². The van der Waals surface area contributed by atoms with Crippen molar-refractivity contribution in [2.75, 3.05) is 0 Å². The zero-order valence-corrected chi connectivity index (χ0v) is 12.3. The Morgan fingerprint density at radius 1 is 1.09 bits per heavy atom. The highest BCUT2D eigenvalue weighted by molar-refractivity contribution is 5.79. The molecule has 23 heavy (non-hydrogen) atoms. The van der Waals surface area contributed by atoms with E-state index in [2.05, 4.69) is 15.0 Å². The van der Waals surface area contributed by atoms with Crippen molar-refractivity contribution in [1.29, 1.82) is 0 Å². The number of para-hydroxylation sites is 1. The highest BCUT2D eigenvalue weighted by Crippen LogP contribution is 2.37. The third kappa shape index (κ3) is 2.69. The Hall–Kier alpha value is -2.70. The number of benzene rings is 1. The van der Waals surface area contributed by atoms with E-state index in [0.717, 1.165) is 0 Å². The second-order valence-electron chi connectivity index (χ2n) is 5.23. The predicted molar refractivity (Wildman–Crippen MR) is 80.1 cm³/mol. The van der Waals surface area contributed by atoms with E-state index in [1.807, 2.05) is 0 Å². The van der Waals surface area contributed by atoms with Gasteiger partial charge in [0.1, 0.15) is 5.69 Å². The number of fused-ring (bicyclic) bond motifs is 1. The average molecular weight is 319 g/mol. The lowest BCUT2D eigenvalue weighted by molar-refractivity contribution is -0.137. The van der Waals surface area contributed by atoms with E-state index >= 15 is 0 Å². The zero-order chi connectivity index (χ0) is 16.8. The van der Waals surface area contributed by atoms with Gasteiger partial charge in [0.25, 0.3) is 5.56 Å². The summed E-state index contributed by atoms with van der Waals surface area (Å²) in [4.78, 5) is 22.6. The van der Waals surface area contributed by atoms with Crippen LogP contribution in [0.4, 0.5) is 13.2 Å². The fraction of sp³-hybridized carbons (Fsp3) is 0.188. The molecule has 0 fully saturated rings. The first-order valence-corrected chi connectivity index (χ1v) is 6.82. The SMILES string of the molecule is Cc1cc(C)c(C(F)(F)F)c(-c2nc3ccccc3c(=O)[nH]2)n1. The van der Waals surface area contributed by atoms with Crippen molar-refractivity contribution in [1.82, 2.24) is 15.0 Å².